The summed E-state index contributed by atoms with van der Waals surface area (Å²) < 4.78 is 3.86. The Bertz CT molecular complexity index is 448. The van der Waals surface area contributed by atoms with Crippen molar-refractivity contribution >= 4 is 17.4 Å². The van der Waals surface area contributed by atoms with Crippen molar-refractivity contribution in [1.29, 1.82) is 0 Å². The predicted molar refractivity (Wildman–Crippen MR) is 69.0 cm³/mol. The van der Waals surface area contributed by atoms with Crippen LogP contribution in [-0.2, 0) is 5.41 Å². The second kappa shape index (κ2) is 5.78. The molecule has 0 spiro atoms. The van der Waals surface area contributed by atoms with E-state index in [4.69, 9.17) is 0 Å². The molecule has 1 N–H and O–H groups in total. The molecule has 0 aliphatic carbocycles. The molecule has 5 heteroatoms. The summed E-state index contributed by atoms with van der Waals surface area (Å²) in [4.78, 5) is 12.5. The maximum Gasteiger partial charge on any atom is 0.265 e. The minimum atomic E-state index is -0.164. The lowest BCUT2D eigenvalue weighted by atomic mass is 9.91. The van der Waals surface area contributed by atoms with Crippen molar-refractivity contribution in [3.05, 3.63) is 10.6 Å². The Morgan fingerprint density at radius 1 is 1.47 bits per heavy atom. The third kappa shape index (κ3) is 3.82. The molecule has 0 aromatic carbocycles. The van der Waals surface area contributed by atoms with Crippen LogP contribution in [-0.4, -0.2) is 22.0 Å². The lowest BCUT2D eigenvalue weighted by Gasteiger charge is -2.15. The van der Waals surface area contributed by atoms with E-state index in [2.05, 4.69) is 26.7 Å². The van der Waals surface area contributed by atoms with E-state index < -0.39 is 0 Å². The summed E-state index contributed by atoms with van der Waals surface area (Å²) in [6.45, 7) is 8.39. The molecular weight excluding hydrogens is 234 g/mol. The molecule has 0 aliphatic rings. The van der Waals surface area contributed by atoms with Crippen molar-refractivity contribution in [1.82, 2.24) is 14.9 Å². The van der Waals surface area contributed by atoms with E-state index in [1.54, 1.807) is 6.92 Å². The van der Waals surface area contributed by atoms with Gasteiger partial charge in [0, 0.05) is 18.4 Å². The second-order valence-electron chi connectivity index (χ2n) is 4.63. The van der Waals surface area contributed by atoms with Gasteiger partial charge in [-0.25, -0.2) is 0 Å². The highest BCUT2D eigenvalue weighted by Crippen LogP contribution is 2.25. The minimum absolute atomic E-state index is 0.108. The van der Waals surface area contributed by atoms with Crippen molar-refractivity contribution in [2.45, 2.75) is 39.5 Å². The van der Waals surface area contributed by atoms with Crippen molar-refractivity contribution in [3.8, 4) is 11.8 Å². The van der Waals surface area contributed by atoms with E-state index in [0.29, 0.717) is 17.8 Å². The van der Waals surface area contributed by atoms with Crippen LogP contribution >= 0.6 is 11.5 Å². The number of hydrogen-bond acceptors (Lipinski definition) is 4. The largest absolute Gasteiger partial charge is 0.350 e. The van der Waals surface area contributed by atoms with Gasteiger partial charge in [-0.3, -0.25) is 4.79 Å². The van der Waals surface area contributed by atoms with Gasteiger partial charge < -0.3 is 5.32 Å². The SMILES string of the molecule is CC#CCCNC(=O)c1snnc1C(C)(C)C. The van der Waals surface area contributed by atoms with E-state index in [1.165, 1.54) is 0 Å². The van der Waals surface area contributed by atoms with Crippen LogP contribution in [0.3, 0.4) is 0 Å². The number of carbonyl (C=O) groups is 1. The van der Waals surface area contributed by atoms with E-state index in [9.17, 15) is 4.79 Å². The summed E-state index contributed by atoms with van der Waals surface area (Å²) in [7, 11) is 0. The van der Waals surface area contributed by atoms with Gasteiger partial charge in [0.05, 0.1) is 5.69 Å². The summed E-state index contributed by atoms with van der Waals surface area (Å²) in [6.07, 6.45) is 0.666. The number of amides is 1. The molecule has 1 aromatic rings. The standard InChI is InChI=1S/C12H17N3OS/c1-5-6-7-8-13-11(16)9-10(12(2,3)4)14-15-17-9/h7-8H2,1-4H3,(H,13,16). The highest BCUT2D eigenvalue weighted by molar-refractivity contribution is 7.08. The van der Waals surface area contributed by atoms with Crippen LogP contribution in [0.15, 0.2) is 0 Å². The molecule has 0 unspecified atom stereocenters. The molecule has 0 aliphatic heterocycles. The number of aromatic nitrogens is 2. The lowest BCUT2D eigenvalue weighted by Crippen LogP contribution is -2.26. The first-order valence-electron chi connectivity index (χ1n) is 5.47. The van der Waals surface area contributed by atoms with Crippen molar-refractivity contribution in [2.75, 3.05) is 6.54 Å². The van der Waals surface area contributed by atoms with Crippen molar-refractivity contribution < 1.29 is 4.79 Å². The molecule has 92 valence electrons. The first-order valence-corrected chi connectivity index (χ1v) is 6.24. The maximum atomic E-state index is 11.9. The molecule has 17 heavy (non-hydrogen) atoms. The maximum absolute atomic E-state index is 11.9. The normalized spacial score (nSPS) is 10.6. The fourth-order valence-corrected chi connectivity index (χ4v) is 2.07. The molecule has 0 saturated carbocycles. The van der Waals surface area contributed by atoms with Gasteiger partial charge in [-0.05, 0) is 18.5 Å². The summed E-state index contributed by atoms with van der Waals surface area (Å²) in [5.41, 5.74) is 0.588. The molecule has 0 radical (unpaired) electrons. The molecule has 0 bridgehead atoms. The molecule has 4 nitrogen and oxygen atoms in total. The Morgan fingerprint density at radius 2 is 2.18 bits per heavy atom. The van der Waals surface area contributed by atoms with Gasteiger partial charge in [0.2, 0.25) is 0 Å². The van der Waals surface area contributed by atoms with Crippen LogP contribution < -0.4 is 5.32 Å². The second-order valence-corrected chi connectivity index (χ2v) is 5.39. The van der Waals surface area contributed by atoms with E-state index >= 15 is 0 Å². The van der Waals surface area contributed by atoms with Crippen LogP contribution in [0.5, 0.6) is 0 Å². The smallest absolute Gasteiger partial charge is 0.265 e. The Hall–Kier alpha value is -1.41. The topological polar surface area (TPSA) is 54.9 Å². The van der Waals surface area contributed by atoms with E-state index in [-0.39, 0.29) is 11.3 Å². The Morgan fingerprint density at radius 3 is 2.76 bits per heavy atom. The summed E-state index contributed by atoms with van der Waals surface area (Å²) in [5, 5.41) is 6.85. The van der Waals surface area contributed by atoms with Crippen LogP contribution in [0.25, 0.3) is 0 Å². The fraction of sp³-hybridized carbons (Fsp3) is 0.583. The minimum Gasteiger partial charge on any atom is -0.350 e. The quantitative estimate of drug-likeness (QED) is 0.660. The molecule has 1 rings (SSSR count). The van der Waals surface area contributed by atoms with Crippen LogP contribution in [0.1, 0.15) is 49.5 Å². The number of carbonyl (C=O) groups excluding carboxylic acids is 1. The van der Waals surface area contributed by atoms with Crippen LogP contribution in [0.2, 0.25) is 0 Å². The van der Waals surface area contributed by atoms with Crippen LogP contribution in [0, 0.1) is 11.8 Å². The summed E-state index contributed by atoms with van der Waals surface area (Å²) >= 11 is 1.14. The summed E-state index contributed by atoms with van der Waals surface area (Å²) in [5.74, 6) is 5.58. The summed E-state index contributed by atoms with van der Waals surface area (Å²) in [6, 6.07) is 0. The van der Waals surface area contributed by atoms with Crippen LogP contribution in [0.4, 0.5) is 0 Å². The fourth-order valence-electron chi connectivity index (χ4n) is 1.27. The number of nitrogens with one attached hydrogen (secondary N) is 1. The average molecular weight is 251 g/mol. The zero-order valence-electron chi connectivity index (χ0n) is 10.6. The van der Waals surface area contributed by atoms with E-state index in [1.807, 2.05) is 20.8 Å². The zero-order chi connectivity index (χ0) is 12.9. The van der Waals surface area contributed by atoms with Gasteiger partial charge >= 0.3 is 0 Å². The number of nitrogens with zero attached hydrogens (tertiary/aromatic N) is 2. The Labute approximate surface area is 106 Å². The first kappa shape index (κ1) is 13.7. The van der Waals surface area contributed by atoms with Crippen molar-refractivity contribution in [3.63, 3.8) is 0 Å². The number of rotatable bonds is 3. The molecule has 0 fully saturated rings. The van der Waals surface area contributed by atoms with Crippen molar-refractivity contribution in [2.24, 2.45) is 0 Å². The highest BCUT2D eigenvalue weighted by Gasteiger charge is 2.25. The zero-order valence-corrected chi connectivity index (χ0v) is 11.4. The average Bonchev–Trinajstić information content (AvgIpc) is 2.72. The Balaban J connectivity index is 2.69. The monoisotopic (exact) mass is 251 g/mol. The van der Waals surface area contributed by atoms with E-state index in [0.717, 1.165) is 17.2 Å². The molecule has 1 amide bonds. The van der Waals surface area contributed by atoms with Gasteiger partial charge in [-0.2, -0.15) is 0 Å². The van der Waals surface area contributed by atoms with Gasteiger partial charge in [0.25, 0.3) is 5.91 Å². The highest BCUT2D eigenvalue weighted by atomic mass is 32.1. The molecule has 1 heterocycles. The van der Waals surface area contributed by atoms with Gasteiger partial charge in [0.1, 0.15) is 4.88 Å². The molecular formula is C12H17N3OS. The lowest BCUT2D eigenvalue weighted by molar-refractivity contribution is 0.0956. The molecule has 0 atom stereocenters. The first-order chi connectivity index (χ1) is 7.96. The predicted octanol–water partition coefficient (Wildman–Crippen LogP) is 1.98. The third-order valence-corrected chi connectivity index (χ3v) is 2.84. The third-order valence-electron chi connectivity index (χ3n) is 2.12. The Kier molecular flexibility index (Phi) is 4.64. The number of hydrogen-bond donors (Lipinski definition) is 1. The molecule has 1 aromatic heterocycles. The molecule has 0 saturated heterocycles. The van der Waals surface area contributed by atoms with Gasteiger partial charge in [-0.15, -0.1) is 16.9 Å². The van der Waals surface area contributed by atoms with Gasteiger partial charge in [-0.1, -0.05) is 25.3 Å². The van der Waals surface area contributed by atoms with Gasteiger partial charge in [0.15, 0.2) is 0 Å².